The molecule has 128 valence electrons. The number of alkyl halides is 3. The highest BCUT2D eigenvalue weighted by molar-refractivity contribution is 9.10. The van der Waals surface area contributed by atoms with Crippen LogP contribution in [0.3, 0.4) is 0 Å². The van der Waals surface area contributed by atoms with Gasteiger partial charge in [-0.05, 0) is 34.5 Å². The fourth-order valence-corrected chi connectivity index (χ4v) is 2.63. The van der Waals surface area contributed by atoms with E-state index in [2.05, 4.69) is 31.1 Å². The number of aromatic nitrogens is 1. The van der Waals surface area contributed by atoms with Crippen molar-refractivity contribution in [3.63, 3.8) is 0 Å². The number of hydrogen-bond acceptors (Lipinski definition) is 3. The molecule has 0 unspecified atom stereocenters. The molecule has 1 atom stereocenters. The number of halogens is 6. The van der Waals surface area contributed by atoms with E-state index in [-0.39, 0.29) is 37.3 Å². The quantitative estimate of drug-likeness (QED) is 0.792. The zero-order chi connectivity index (χ0) is 14.6. The van der Waals surface area contributed by atoms with Gasteiger partial charge in [0.15, 0.2) is 0 Å². The second-order valence-corrected chi connectivity index (χ2v) is 5.77. The topological polar surface area (TPSA) is 28.2 Å². The second kappa shape index (κ2) is 9.93. The lowest BCUT2D eigenvalue weighted by atomic mass is 10.0. The van der Waals surface area contributed by atoms with Crippen molar-refractivity contribution in [3.8, 4) is 0 Å². The fraction of sp³-hybridized carbons (Fsp3) is 0.615. The molecule has 0 aliphatic carbocycles. The molecule has 0 saturated carbocycles. The third kappa shape index (κ3) is 7.00. The molecule has 2 heterocycles. The molecule has 22 heavy (non-hydrogen) atoms. The van der Waals surface area contributed by atoms with Crippen LogP contribution in [0.4, 0.5) is 13.2 Å². The number of pyridine rings is 1. The minimum atomic E-state index is -4.12. The molecule has 0 bridgehead atoms. The Morgan fingerprint density at radius 3 is 2.36 bits per heavy atom. The van der Waals surface area contributed by atoms with E-state index in [1.165, 1.54) is 0 Å². The summed E-state index contributed by atoms with van der Waals surface area (Å²) >= 11 is 3.30. The van der Waals surface area contributed by atoms with Crippen molar-refractivity contribution in [1.29, 1.82) is 0 Å². The summed E-state index contributed by atoms with van der Waals surface area (Å²) < 4.78 is 38.3. The van der Waals surface area contributed by atoms with Crippen LogP contribution in [0.15, 0.2) is 22.8 Å². The van der Waals surface area contributed by atoms with Crippen molar-refractivity contribution in [2.24, 2.45) is 0 Å². The summed E-state index contributed by atoms with van der Waals surface area (Å²) in [5.41, 5.74) is 0.708. The largest absolute Gasteiger partial charge is 0.389 e. The Kier molecular flexibility index (Phi) is 9.89. The highest BCUT2D eigenvalue weighted by Crippen LogP contribution is 2.31. The van der Waals surface area contributed by atoms with Gasteiger partial charge in [0.1, 0.15) is 0 Å². The first kappa shape index (κ1) is 21.9. The van der Waals surface area contributed by atoms with Crippen LogP contribution < -0.4 is 5.32 Å². The smallest absolute Gasteiger partial charge is 0.314 e. The Hall–Kier alpha value is -0.0800. The number of nitrogens with zero attached hydrogens (tertiary/aromatic N) is 2. The van der Waals surface area contributed by atoms with Gasteiger partial charge >= 0.3 is 6.18 Å². The average Bonchev–Trinajstić information content (AvgIpc) is 2.41. The van der Waals surface area contributed by atoms with E-state index in [1.807, 2.05) is 6.07 Å². The lowest BCUT2D eigenvalue weighted by Gasteiger charge is -2.34. The van der Waals surface area contributed by atoms with Crippen LogP contribution in [0.1, 0.15) is 24.6 Å². The minimum absolute atomic E-state index is 0. The third-order valence-electron chi connectivity index (χ3n) is 3.39. The first-order valence-electron chi connectivity index (χ1n) is 6.59. The van der Waals surface area contributed by atoms with E-state index in [1.54, 1.807) is 12.3 Å². The standard InChI is InChI=1S/C13H17BrF3N3.2ClH/c14-10-1-2-11(19-9-10)12(3-4-13(15,16)17)20-7-5-18-6-8-20;;/h1-2,9,12,18H,3-8H2;2*1H/t12-;;/m1../s1. The van der Waals surface area contributed by atoms with Crippen molar-refractivity contribution < 1.29 is 13.2 Å². The Morgan fingerprint density at radius 1 is 1.23 bits per heavy atom. The van der Waals surface area contributed by atoms with Crippen molar-refractivity contribution in [2.75, 3.05) is 26.2 Å². The van der Waals surface area contributed by atoms with E-state index in [0.29, 0.717) is 5.69 Å². The first-order valence-corrected chi connectivity index (χ1v) is 7.38. The maximum absolute atomic E-state index is 12.5. The molecule has 1 aromatic rings. The van der Waals surface area contributed by atoms with Crippen molar-refractivity contribution in [1.82, 2.24) is 15.2 Å². The summed E-state index contributed by atoms with van der Waals surface area (Å²) in [6, 6.07) is 3.35. The van der Waals surface area contributed by atoms with Crippen LogP contribution in [0.5, 0.6) is 0 Å². The van der Waals surface area contributed by atoms with Gasteiger partial charge in [0, 0.05) is 43.3 Å². The second-order valence-electron chi connectivity index (χ2n) is 4.86. The van der Waals surface area contributed by atoms with E-state index in [9.17, 15) is 13.2 Å². The average molecular weight is 425 g/mol. The maximum Gasteiger partial charge on any atom is 0.389 e. The molecule has 3 nitrogen and oxygen atoms in total. The first-order chi connectivity index (χ1) is 9.46. The van der Waals surface area contributed by atoms with Gasteiger partial charge in [-0.15, -0.1) is 24.8 Å². The monoisotopic (exact) mass is 423 g/mol. The molecule has 2 rings (SSSR count). The molecule has 1 saturated heterocycles. The summed E-state index contributed by atoms with van der Waals surface area (Å²) in [6.07, 6.45) is -3.21. The minimum Gasteiger partial charge on any atom is -0.314 e. The van der Waals surface area contributed by atoms with Crippen LogP contribution in [0, 0.1) is 0 Å². The number of piperazine rings is 1. The van der Waals surface area contributed by atoms with Gasteiger partial charge in [-0.2, -0.15) is 13.2 Å². The van der Waals surface area contributed by atoms with Crippen LogP contribution >= 0.6 is 40.7 Å². The summed E-state index contributed by atoms with van der Waals surface area (Å²) in [7, 11) is 0. The van der Waals surface area contributed by atoms with Crippen molar-refractivity contribution >= 4 is 40.7 Å². The number of rotatable bonds is 4. The predicted octanol–water partition coefficient (Wildman–Crippen LogP) is 3.98. The van der Waals surface area contributed by atoms with Crippen molar-refractivity contribution in [3.05, 3.63) is 28.5 Å². The highest BCUT2D eigenvalue weighted by atomic mass is 79.9. The number of hydrogen-bond donors (Lipinski definition) is 1. The van der Waals surface area contributed by atoms with Gasteiger partial charge < -0.3 is 5.32 Å². The molecule has 0 radical (unpaired) electrons. The van der Waals surface area contributed by atoms with E-state index < -0.39 is 12.6 Å². The van der Waals surface area contributed by atoms with Crippen LogP contribution in [0.2, 0.25) is 0 Å². The Bertz CT molecular complexity index is 426. The molecular formula is C13H19BrCl2F3N3. The summed E-state index contributed by atoms with van der Waals surface area (Å²) in [5, 5.41) is 3.21. The van der Waals surface area contributed by atoms with Gasteiger partial charge in [0.25, 0.3) is 0 Å². The Labute approximate surface area is 149 Å². The molecule has 9 heteroatoms. The SMILES string of the molecule is Cl.Cl.FC(F)(F)CC[C@H](c1ccc(Br)cn1)N1CCNCC1. The van der Waals surface area contributed by atoms with Gasteiger partial charge in [-0.25, -0.2) is 0 Å². The molecule has 0 amide bonds. The lowest BCUT2D eigenvalue weighted by molar-refractivity contribution is -0.138. The third-order valence-corrected chi connectivity index (χ3v) is 3.85. The van der Waals surface area contributed by atoms with Gasteiger partial charge in [0.05, 0.1) is 11.7 Å². The molecular weight excluding hydrogens is 406 g/mol. The normalized spacial score (nSPS) is 17.3. The summed E-state index contributed by atoms with van der Waals surface area (Å²) in [5.74, 6) is 0. The molecule has 1 aliphatic rings. The van der Waals surface area contributed by atoms with E-state index >= 15 is 0 Å². The van der Waals surface area contributed by atoms with Crippen LogP contribution in [-0.4, -0.2) is 42.2 Å². The summed E-state index contributed by atoms with van der Waals surface area (Å²) in [4.78, 5) is 6.36. The Morgan fingerprint density at radius 2 is 1.86 bits per heavy atom. The zero-order valence-corrected chi connectivity index (χ0v) is 15.0. The van der Waals surface area contributed by atoms with Gasteiger partial charge in [0.2, 0.25) is 0 Å². The number of nitrogens with one attached hydrogen (secondary N) is 1. The summed E-state index contributed by atoms with van der Waals surface area (Å²) in [6.45, 7) is 3.11. The molecule has 0 aromatic carbocycles. The van der Waals surface area contributed by atoms with Crippen LogP contribution in [0.25, 0.3) is 0 Å². The van der Waals surface area contributed by atoms with Crippen molar-refractivity contribution in [2.45, 2.75) is 25.1 Å². The molecule has 1 aromatic heterocycles. The highest BCUT2D eigenvalue weighted by Gasteiger charge is 2.31. The molecule has 0 spiro atoms. The lowest BCUT2D eigenvalue weighted by Crippen LogP contribution is -2.45. The maximum atomic E-state index is 12.5. The van der Waals surface area contributed by atoms with Crippen LogP contribution in [-0.2, 0) is 0 Å². The zero-order valence-electron chi connectivity index (χ0n) is 11.8. The fourth-order valence-electron chi connectivity index (χ4n) is 2.40. The Balaban J connectivity index is 0.00000220. The van der Waals surface area contributed by atoms with E-state index in [4.69, 9.17) is 0 Å². The van der Waals surface area contributed by atoms with Gasteiger partial charge in [-0.3, -0.25) is 9.88 Å². The molecule has 1 aliphatic heterocycles. The van der Waals surface area contributed by atoms with Gasteiger partial charge in [-0.1, -0.05) is 0 Å². The van der Waals surface area contributed by atoms with E-state index in [0.717, 1.165) is 30.7 Å². The predicted molar refractivity (Wildman–Crippen MR) is 88.9 cm³/mol. The molecule has 1 fully saturated rings. The molecule has 1 N–H and O–H groups in total.